The number of ether oxygens (including phenoxy) is 4. The molecule has 0 unspecified atom stereocenters. The first-order valence-electron chi connectivity index (χ1n) is 9.98. The number of rotatable bonds is 9. The summed E-state index contributed by atoms with van der Waals surface area (Å²) in [6.07, 6.45) is 0. The molecule has 3 aromatic rings. The van der Waals surface area contributed by atoms with Gasteiger partial charge >= 0.3 is 0 Å². The molecule has 1 aliphatic heterocycles. The van der Waals surface area contributed by atoms with Gasteiger partial charge in [0.2, 0.25) is 6.79 Å². The van der Waals surface area contributed by atoms with E-state index in [9.17, 15) is 13.2 Å². The van der Waals surface area contributed by atoms with E-state index in [1.807, 2.05) is 12.1 Å². The molecule has 0 fully saturated rings. The molecule has 2 N–H and O–H groups in total. The van der Waals surface area contributed by atoms with Gasteiger partial charge in [-0.05, 0) is 66.2 Å². The first-order chi connectivity index (χ1) is 15.9. The van der Waals surface area contributed by atoms with Gasteiger partial charge in [-0.2, -0.15) is 0 Å². The Labute approximate surface area is 191 Å². The van der Waals surface area contributed by atoms with Crippen LogP contribution in [0.4, 0.5) is 5.69 Å². The number of hydrogen-bond acceptors (Lipinski definition) is 7. The smallest absolute Gasteiger partial charge is 0.261 e. The van der Waals surface area contributed by atoms with Crippen molar-refractivity contribution in [1.29, 1.82) is 0 Å². The maximum atomic E-state index is 12.6. The van der Waals surface area contributed by atoms with E-state index in [4.69, 9.17) is 18.9 Å². The molecule has 0 saturated carbocycles. The van der Waals surface area contributed by atoms with Gasteiger partial charge < -0.3 is 24.3 Å². The first-order valence-corrected chi connectivity index (χ1v) is 11.5. The maximum absolute atomic E-state index is 12.6. The Morgan fingerprint density at radius 1 is 0.939 bits per heavy atom. The van der Waals surface area contributed by atoms with E-state index < -0.39 is 10.0 Å². The van der Waals surface area contributed by atoms with Crippen LogP contribution in [0.3, 0.4) is 0 Å². The molecular formula is C23H22N2O7S. The molecule has 172 valence electrons. The first kappa shape index (κ1) is 22.3. The van der Waals surface area contributed by atoms with Crippen LogP contribution in [0.5, 0.6) is 23.0 Å². The average molecular weight is 471 g/mol. The van der Waals surface area contributed by atoms with Crippen molar-refractivity contribution < 1.29 is 32.2 Å². The lowest BCUT2D eigenvalue weighted by atomic mass is 10.2. The van der Waals surface area contributed by atoms with Crippen molar-refractivity contribution in [2.75, 3.05) is 25.2 Å². The van der Waals surface area contributed by atoms with Crippen LogP contribution in [0.15, 0.2) is 71.6 Å². The molecule has 3 aromatic carbocycles. The molecule has 0 bridgehead atoms. The predicted molar refractivity (Wildman–Crippen MR) is 120 cm³/mol. The molecule has 0 aromatic heterocycles. The van der Waals surface area contributed by atoms with Gasteiger partial charge in [-0.15, -0.1) is 0 Å². The van der Waals surface area contributed by atoms with Gasteiger partial charge in [0.15, 0.2) is 18.1 Å². The van der Waals surface area contributed by atoms with Crippen molar-refractivity contribution in [1.82, 2.24) is 5.32 Å². The third-order valence-corrected chi connectivity index (χ3v) is 6.17. The number of methoxy groups -OCH3 is 1. The van der Waals surface area contributed by atoms with Crippen molar-refractivity contribution >= 4 is 21.6 Å². The summed E-state index contributed by atoms with van der Waals surface area (Å²) in [4.78, 5) is 12.2. The highest BCUT2D eigenvalue weighted by atomic mass is 32.2. The molecule has 0 radical (unpaired) electrons. The fourth-order valence-electron chi connectivity index (χ4n) is 3.04. The van der Waals surface area contributed by atoms with Crippen LogP contribution in [0, 0.1) is 0 Å². The number of anilines is 1. The van der Waals surface area contributed by atoms with Crippen molar-refractivity contribution in [3.8, 4) is 23.0 Å². The molecule has 33 heavy (non-hydrogen) atoms. The Morgan fingerprint density at radius 3 is 2.36 bits per heavy atom. The lowest BCUT2D eigenvalue weighted by molar-refractivity contribution is -0.123. The second-order valence-corrected chi connectivity index (χ2v) is 8.74. The van der Waals surface area contributed by atoms with E-state index in [0.717, 1.165) is 5.56 Å². The minimum Gasteiger partial charge on any atom is -0.497 e. The van der Waals surface area contributed by atoms with Crippen molar-refractivity contribution in [3.63, 3.8) is 0 Å². The third-order valence-electron chi connectivity index (χ3n) is 4.77. The molecule has 0 aliphatic carbocycles. The Kier molecular flexibility index (Phi) is 6.55. The minimum atomic E-state index is -3.77. The highest BCUT2D eigenvalue weighted by molar-refractivity contribution is 7.92. The quantitative estimate of drug-likeness (QED) is 0.495. The number of nitrogens with one attached hydrogen (secondary N) is 2. The number of sulfonamides is 1. The largest absolute Gasteiger partial charge is 0.497 e. The van der Waals surface area contributed by atoms with E-state index in [2.05, 4.69) is 10.0 Å². The van der Waals surface area contributed by atoms with Crippen molar-refractivity contribution in [3.05, 3.63) is 72.3 Å². The summed E-state index contributed by atoms with van der Waals surface area (Å²) in [5, 5.41) is 2.76. The van der Waals surface area contributed by atoms with E-state index >= 15 is 0 Å². The van der Waals surface area contributed by atoms with Gasteiger partial charge in [0.1, 0.15) is 11.5 Å². The molecule has 9 nitrogen and oxygen atoms in total. The number of fused-ring (bicyclic) bond motifs is 1. The zero-order valence-electron chi connectivity index (χ0n) is 17.7. The van der Waals surface area contributed by atoms with Gasteiger partial charge in [0, 0.05) is 12.2 Å². The van der Waals surface area contributed by atoms with Gasteiger partial charge in [-0.3, -0.25) is 9.52 Å². The van der Waals surface area contributed by atoms with E-state index in [1.165, 1.54) is 31.4 Å². The van der Waals surface area contributed by atoms with Crippen LogP contribution >= 0.6 is 0 Å². The Balaban J connectivity index is 1.27. The highest BCUT2D eigenvalue weighted by Crippen LogP contribution is 2.32. The molecule has 1 heterocycles. The van der Waals surface area contributed by atoms with E-state index in [-0.39, 0.29) is 24.2 Å². The summed E-state index contributed by atoms with van der Waals surface area (Å²) in [6.45, 7) is 0.296. The van der Waals surface area contributed by atoms with Crippen molar-refractivity contribution in [2.24, 2.45) is 0 Å². The maximum Gasteiger partial charge on any atom is 0.261 e. The molecular weight excluding hydrogens is 448 g/mol. The summed E-state index contributed by atoms with van der Waals surface area (Å²) >= 11 is 0. The zero-order chi connectivity index (χ0) is 23.3. The van der Waals surface area contributed by atoms with Crippen LogP contribution in [0.2, 0.25) is 0 Å². The second kappa shape index (κ2) is 9.70. The summed E-state index contributed by atoms with van der Waals surface area (Å²) in [5.74, 6) is 2.01. The second-order valence-electron chi connectivity index (χ2n) is 7.06. The number of carbonyl (C=O) groups is 1. The van der Waals surface area contributed by atoms with Gasteiger partial charge in [-0.25, -0.2) is 8.42 Å². The Hall–Kier alpha value is -3.92. The number of hydrogen-bond donors (Lipinski definition) is 2. The molecule has 1 amide bonds. The Morgan fingerprint density at radius 2 is 1.64 bits per heavy atom. The van der Waals surface area contributed by atoms with E-state index in [0.29, 0.717) is 35.2 Å². The van der Waals surface area contributed by atoms with Gasteiger partial charge in [0.25, 0.3) is 15.9 Å². The van der Waals surface area contributed by atoms with Crippen LogP contribution in [0.25, 0.3) is 0 Å². The zero-order valence-corrected chi connectivity index (χ0v) is 18.6. The highest BCUT2D eigenvalue weighted by Gasteiger charge is 2.15. The number of amides is 1. The van der Waals surface area contributed by atoms with Crippen LogP contribution < -0.4 is 29.0 Å². The molecule has 0 spiro atoms. The van der Waals surface area contributed by atoms with Crippen molar-refractivity contribution in [2.45, 2.75) is 11.4 Å². The summed E-state index contributed by atoms with van der Waals surface area (Å²) < 4.78 is 48.7. The fourth-order valence-corrected chi connectivity index (χ4v) is 4.10. The Bertz CT molecular complexity index is 1230. The summed E-state index contributed by atoms with van der Waals surface area (Å²) in [6, 6.07) is 17.8. The van der Waals surface area contributed by atoms with Crippen LogP contribution in [0.1, 0.15) is 5.56 Å². The predicted octanol–water partition coefficient (Wildman–Crippen LogP) is 2.92. The average Bonchev–Trinajstić information content (AvgIpc) is 3.30. The molecule has 0 atom stereocenters. The lowest BCUT2D eigenvalue weighted by Gasteiger charge is -2.10. The molecule has 0 saturated heterocycles. The van der Waals surface area contributed by atoms with Gasteiger partial charge in [0.05, 0.1) is 12.0 Å². The van der Waals surface area contributed by atoms with Crippen LogP contribution in [-0.4, -0.2) is 34.8 Å². The topological polar surface area (TPSA) is 112 Å². The normalized spacial score (nSPS) is 12.2. The summed E-state index contributed by atoms with van der Waals surface area (Å²) in [7, 11) is -2.24. The minimum absolute atomic E-state index is 0.0675. The lowest BCUT2D eigenvalue weighted by Crippen LogP contribution is -2.28. The number of benzene rings is 3. The molecule has 4 rings (SSSR count). The third kappa shape index (κ3) is 5.66. The van der Waals surface area contributed by atoms with Gasteiger partial charge in [-0.1, -0.05) is 6.07 Å². The molecule has 10 heteroatoms. The standard InChI is InChI=1S/C23H22N2O7S/c1-29-18-5-3-17(4-6-18)25-33(27,28)20-9-7-19(8-10-20)30-14-23(26)24-13-16-2-11-21-22(12-16)32-15-31-21/h2-12,25H,13-15H2,1H3,(H,24,26). The fraction of sp³-hybridized carbons (Fsp3) is 0.174. The SMILES string of the molecule is COc1ccc(NS(=O)(=O)c2ccc(OCC(=O)NCc3ccc4c(c3)OCO4)cc2)cc1. The van der Waals surface area contributed by atoms with E-state index in [1.54, 1.807) is 30.3 Å². The number of carbonyl (C=O) groups excluding carboxylic acids is 1. The summed E-state index contributed by atoms with van der Waals surface area (Å²) in [5.41, 5.74) is 1.28. The molecule has 1 aliphatic rings. The monoisotopic (exact) mass is 470 g/mol. The van der Waals surface area contributed by atoms with Crippen LogP contribution in [-0.2, 0) is 21.4 Å².